The van der Waals surface area contributed by atoms with Crippen molar-refractivity contribution in [1.82, 2.24) is 4.90 Å². The lowest BCUT2D eigenvalue weighted by Crippen LogP contribution is -2.50. The van der Waals surface area contributed by atoms with Crippen molar-refractivity contribution in [2.24, 2.45) is 0 Å². The van der Waals surface area contributed by atoms with E-state index in [1.807, 2.05) is 0 Å². The molecule has 3 nitrogen and oxygen atoms in total. The lowest BCUT2D eigenvalue weighted by Gasteiger charge is -2.39. The number of ether oxygens (including phenoxy) is 1. The van der Waals surface area contributed by atoms with E-state index in [9.17, 15) is 4.79 Å². The Bertz CT molecular complexity index is 247. The van der Waals surface area contributed by atoms with Crippen LogP contribution in [0.4, 0.5) is 0 Å². The van der Waals surface area contributed by atoms with Crippen LogP contribution in [-0.2, 0) is 9.53 Å². The Morgan fingerprint density at radius 3 is 2.29 bits per heavy atom. The van der Waals surface area contributed by atoms with E-state index in [-0.39, 0.29) is 12.0 Å². The van der Waals surface area contributed by atoms with Crippen LogP contribution in [0, 0.1) is 0 Å². The first-order valence-electron chi connectivity index (χ1n) is 7.16. The normalized spacial score (nSPS) is 28.6. The average molecular weight is 239 g/mol. The molecule has 1 saturated carbocycles. The molecule has 1 aliphatic carbocycles. The molecule has 0 amide bonds. The Labute approximate surface area is 105 Å². The number of nitrogens with zero attached hydrogens (tertiary/aromatic N) is 1. The monoisotopic (exact) mass is 239 g/mol. The lowest BCUT2D eigenvalue weighted by atomic mass is 9.96. The maximum absolute atomic E-state index is 11.8. The molecule has 0 radical (unpaired) electrons. The highest BCUT2D eigenvalue weighted by Crippen LogP contribution is 2.28. The van der Waals surface area contributed by atoms with E-state index in [2.05, 4.69) is 4.90 Å². The molecule has 0 aromatic heterocycles. The highest BCUT2D eigenvalue weighted by molar-refractivity contribution is 5.75. The third-order valence-corrected chi connectivity index (χ3v) is 4.31. The zero-order chi connectivity index (χ0) is 12.1. The second-order valence-electron chi connectivity index (χ2n) is 5.42. The molecule has 17 heavy (non-hydrogen) atoms. The van der Waals surface area contributed by atoms with Gasteiger partial charge in [0.1, 0.15) is 6.04 Å². The van der Waals surface area contributed by atoms with Gasteiger partial charge >= 0.3 is 5.97 Å². The average Bonchev–Trinajstić information content (AvgIpc) is 2.66. The molecule has 1 aliphatic heterocycles. The molecule has 3 heteroatoms. The fourth-order valence-corrected chi connectivity index (χ4v) is 3.37. The molecule has 98 valence electrons. The Morgan fingerprint density at radius 2 is 1.65 bits per heavy atom. The summed E-state index contributed by atoms with van der Waals surface area (Å²) in [6.45, 7) is 1.09. The van der Waals surface area contributed by atoms with Gasteiger partial charge in [-0.15, -0.1) is 0 Å². The zero-order valence-corrected chi connectivity index (χ0v) is 11.0. The Hall–Kier alpha value is -0.570. The summed E-state index contributed by atoms with van der Waals surface area (Å²) >= 11 is 0. The Balaban J connectivity index is 2.01. The van der Waals surface area contributed by atoms with E-state index in [0.29, 0.717) is 6.04 Å². The van der Waals surface area contributed by atoms with Crippen molar-refractivity contribution < 1.29 is 9.53 Å². The molecular weight excluding hydrogens is 214 g/mol. The maximum atomic E-state index is 11.8. The minimum absolute atomic E-state index is 0.0195. The third-order valence-electron chi connectivity index (χ3n) is 4.31. The predicted molar refractivity (Wildman–Crippen MR) is 67.9 cm³/mol. The van der Waals surface area contributed by atoms with Gasteiger partial charge in [0, 0.05) is 6.04 Å². The summed E-state index contributed by atoms with van der Waals surface area (Å²) in [6, 6.07) is 0.666. The molecule has 1 saturated heterocycles. The number of hydrogen-bond acceptors (Lipinski definition) is 3. The third kappa shape index (κ3) is 3.21. The summed E-state index contributed by atoms with van der Waals surface area (Å²) in [5, 5.41) is 0. The lowest BCUT2D eigenvalue weighted by molar-refractivity contribution is -0.149. The molecule has 2 fully saturated rings. The number of hydrogen-bond donors (Lipinski definition) is 0. The van der Waals surface area contributed by atoms with Crippen molar-refractivity contribution in [3.63, 3.8) is 0 Å². The Morgan fingerprint density at radius 1 is 1.00 bits per heavy atom. The molecule has 1 heterocycles. The van der Waals surface area contributed by atoms with Gasteiger partial charge in [0.25, 0.3) is 0 Å². The predicted octanol–water partition coefficient (Wildman–Crippen LogP) is 2.74. The number of likely N-dealkylation sites (tertiary alicyclic amines) is 1. The highest BCUT2D eigenvalue weighted by atomic mass is 16.5. The van der Waals surface area contributed by atoms with E-state index in [1.54, 1.807) is 0 Å². The molecule has 0 aromatic rings. The van der Waals surface area contributed by atoms with Crippen molar-refractivity contribution in [1.29, 1.82) is 0 Å². The van der Waals surface area contributed by atoms with Gasteiger partial charge in [0.05, 0.1) is 7.11 Å². The van der Waals surface area contributed by atoms with Gasteiger partial charge in [-0.25, -0.2) is 0 Å². The molecule has 0 aromatic carbocycles. The van der Waals surface area contributed by atoms with Crippen LogP contribution in [0.25, 0.3) is 0 Å². The van der Waals surface area contributed by atoms with Crippen LogP contribution in [0.2, 0.25) is 0 Å². The molecule has 0 spiro atoms. The van der Waals surface area contributed by atoms with Crippen LogP contribution in [0.5, 0.6) is 0 Å². The molecule has 2 rings (SSSR count). The minimum Gasteiger partial charge on any atom is -0.468 e. The molecule has 0 N–H and O–H groups in total. The zero-order valence-electron chi connectivity index (χ0n) is 11.0. The summed E-state index contributed by atoms with van der Waals surface area (Å²) in [6.07, 6.45) is 11.3. The van der Waals surface area contributed by atoms with Crippen LogP contribution in [-0.4, -0.2) is 36.6 Å². The quantitative estimate of drug-likeness (QED) is 0.548. The molecule has 2 aliphatic rings. The van der Waals surface area contributed by atoms with Crippen LogP contribution in [0.3, 0.4) is 0 Å². The van der Waals surface area contributed by atoms with E-state index >= 15 is 0 Å². The number of carbonyl (C=O) groups excluding carboxylic acids is 1. The largest absolute Gasteiger partial charge is 0.468 e. The van der Waals surface area contributed by atoms with Gasteiger partial charge in [-0.3, -0.25) is 9.69 Å². The first kappa shape index (κ1) is 12.9. The van der Waals surface area contributed by atoms with Crippen molar-refractivity contribution in [2.75, 3.05) is 13.7 Å². The minimum atomic E-state index is -0.0195. The first-order chi connectivity index (χ1) is 8.33. The first-order valence-corrected chi connectivity index (χ1v) is 7.16. The summed E-state index contributed by atoms with van der Waals surface area (Å²) < 4.78 is 4.96. The summed E-state index contributed by atoms with van der Waals surface area (Å²) in [7, 11) is 1.52. The topological polar surface area (TPSA) is 29.5 Å². The van der Waals surface area contributed by atoms with Crippen LogP contribution in [0.15, 0.2) is 0 Å². The number of carbonyl (C=O) groups is 1. The van der Waals surface area contributed by atoms with Crippen molar-refractivity contribution >= 4 is 5.97 Å². The van der Waals surface area contributed by atoms with Crippen LogP contribution in [0.1, 0.15) is 57.8 Å². The summed E-state index contributed by atoms with van der Waals surface area (Å²) in [5.74, 6) is -0.0195. The van der Waals surface area contributed by atoms with Gasteiger partial charge in [-0.1, -0.05) is 32.1 Å². The van der Waals surface area contributed by atoms with Crippen LogP contribution >= 0.6 is 0 Å². The second kappa shape index (κ2) is 6.39. The van der Waals surface area contributed by atoms with Crippen molar-refractivity contribution in [3.8, 4) is 0 Å². The number of piperidine rings is 1. The smallest absolute Gasteiger partial charge is 0.323 e. The van der Waals surface area contributed by atoms with E-state index in [1.165, 1.54) is 58.5 Å². The van der Waals surface area contributed by atoms with E-state index < -0.39 is 0 Å². The molecule has 0 bridgehead atoms. The highest BCUT2D eigenvalue weighted by Gasteiger charge is 2.34. The van der Waals surface area contributed by atoms with Crippen LogP contribution < -0.4 is 0 Å². The van der Waals surface area contributed by atoms with E-state index in [0.717, 1.165) is 13.0 Å². The second-order valence-corrected chi connectivity index (χ2v) is 5.42. The van der Waals surface area contributed by atoms with Gasteiger partial charge < -0.3 is 4.74 Å². The fourth-order valence-electron chi connectivity index (χ4n) is 3.37. The van der Waals surface area contributed by atoms with Gasteiger partial charge in [-0.2, -0.15) is 0 Å². The molecular formula is C14H25NO2. The molecule has 1 atom stereocenters. The SMILES string of the molecule is COC(=O)[C@H]1CCCCN1C1CCCCCC1. The summed E-state index contributed by atoms with van der Waals surface area (Å²) in [4.78, 5) is 14.3. The van der Waals surface area contributed by atoms with E-state index in [4.69, 9.17) is 4.74 Å². The van der Waals surface area contributed by atoms with Gasteiger partial charge in [-0.05, 0) is 32.2 Å². The molecule has 0 unspecified atom stereocenters. The number of rotatable bonds is 2. The Kier molecular flexibility index (Phi) is 4.84. The summed E-state index contributed by atoms with van der Waals surface area (Å²) in [5.41, 5.74) is 0. The van der Waals surface area contributed by atoms with Gasteiger partial charge in [0.2, 0.25) is 0 Å². The van der Waals surface area contributed by atoms with Crippen molar-refractivity contribution in [2.45, 2.75) is 69.9 Å². The maximum Gasteiger partial charge on any atom is 0.323 e. The van der Waals surface area contributed by atoms with Gasteiger partial charge in [0.15, 0.2) is 0 Å². The number of esters is 1. The van der Waals surface area contributed by atoms with Crippen molar-refractivity contribution in [3.05, 3.63) is 0 Å². The number of methoxy groups -OCH3 is 1. The fraction of sp³-hybridized carbons (Fsp3) is 0.929. The standard InChI is InChI=1S/C14H25NO2/c1-17-14(16)13-10-6-7-11-15(13)12-8-4-2-3-5-9-12/h12-13H,2-11H2,1H3/t13-/m1/s1.